The maximum Gasteiger partial charge on any atom is 0.255 e. The molecule has 0 aromatic carbocycles. The van der Waals surface area contributed by atoms with Gasteiger partial charge >= 0.3 is 0 Å². The van der Waals surface area contributed by atoms with Gasteiger partial charge in [-0.3, -0.25) is 9.59 Å². The number of aromatic nitrogens is 3. The van der Waals surface area contributed by atoms with Crippen LogP contribution in [0.15, 0.2) is 5.38 Å². The fraction of sp³-hybridized carbons (Fsp3) is 0.667. The molecule has 2 unspecified atom stereocenters. The van der Waals surface area contributed by atoms with Crippen LogP contribution in [0.5, 0.6) is 0 Å². The van der Waals surface area contributed by atoms with E-state index in [1.165, 1.54) is 23.3 Å². The average Bonchev–Trinajstić information content (AvgIpc) is 3.55. The Morgan fingerprint density at radius 2 is 2.00 bits per heavy atom. The van der Waals surface area contributed by atoms with E-state index in [0.29, 0.717) is 39.3 Å². The highest BCUT2D eigenvalue weighted by Gasteiger charge is 2.32. The minimum Gasteiger partial charge on any atom is -0.381 e. The summed E-state index contributed by atoms with van der Waals surface area (Å²) < 4.78 is 7.50. The lowest BCUT2D eigenvalue weighted by Gasteiger charge is -2.24. The van der Waals surface area contributed by atoms with Crippen LogP contribution < -0.4 is 5.32 Å². The van der Waals surface area contributed by atoms with E-state index < -0.39 is 0 Å². The van der Waals surface area contributed by atoms with Gasteiger partial charge in [-0.1, -0.05) is 13.8 Å². The standard InChI is InChI=1S/C24H33N5O3S/c1-15(2)21(25-23(30)16-8-12-32-13-16)22-27-26-20-7-9-28(10-11-29(20)22)24(31)18-14-33-19-6-4-3-5-17(18)19/h14-16,21H,3-13H2,1-2H3,(H,25,30). The van der Waals surface area contributed by atoms with Gasteiger partial charge in [-0.15, -0.1) is 21.5 Å². The number of nitrogens with zero attached hydrogens (tertiary/aromatic N) is 4. The number of carbonyl (C=O) groups excluding carboxylic acids is 2. The Morgan fingerprint density at radius 1 is 1.15 bits per heavy atom. The number of aryl methyl sites for hydroxylation is 1. The molecule has 2 atom stereocenters. The summed E-state index contributed by atoms with van der Waals surface area (Å²) >= 11 is 1.74. The van der Waals surface area contributed by atoms with Gasteiger partial charge in [-0.25, -0.2) is 0 Å². The van der Waals surface area contributed by atoms with Crippen molar-refractivity contribution < 1.29 is 14.3 Å². The molecule has 0 saturated carbocycles. The molecule has 33 heavy (non-hydrogen) atoms. The maximum absolute atomic E-state index is 13.4. The molecule has 1 fully saturated rings. The Hall–Kier alpha value is -2.26. The predicted octanol–water partition coefficient (Wildman–Crippen LogP) is 2.77. The summed E-state index contributed by atoms with van der Waals surface area (Å²) in [7, 11) is 0. The largest absolute Gasteiger partial charge is 0.381 e. The number of fused-ring (bicyclic) bond motifs is 2. The molecule has 1 N–H and O–H groups in total. The lowest BCUT2D eigenvalue weighted by Crippen LogP contribution is -2.38. The van der Waals surface area contributed by atoms with Crippen molar-refractivity contribution >= 4 is 23.2 Å². The predicted molar refractivity (Wildman–Crippen MR) is 125 cm³/mol. The number of carbonyl (C=O) groups is 2. The quantitative estimate of drug-likeness (QED) is 0.724. The molecule has 5 rings (SSSR count). The Labute approximate surface area is 198 Å². The molecule has 2 amide bonds. The highest BCUT2D eigenvalue weighted by atomic mass is 32.1. The van der Waals surface area contributed by atoms with Gasteiger partial charge < -0.3 is 19.5 Å². The number of thiophene rings is 1. The second-order valence-electron chi connectivity index (χ2n) is 9.72. The van der Waals surface area contributed by atoms with E-state index in [1.54, 1.807) is 11.3 Å². The summed E-state index contributed by atoms with van der Waals surface area (Å²) in [6, 6.07) is -0.217. The molecular formula is C24H33N5O3S. The van der Waals surface area contributed by atoms with Gasteiger partial charge in [0.2, 0.25) is 5.91 Å². The number of nitrogens with one attached hydrogen (secondary N) is 1. The van der Waals surface area contributed by atoms with Crippen LogP contribution in [0.1, 0.15) is 71.6 Å². The van der Waals surface area contributed by atoms with Crippen LogP contribution in [0.25, 0.3) is 0 Å². The van der Waals surface area contributed by atoms with Crippen LogP contribution in [-0.4, -0.2) is 57.8 Å². The maximum atomic E-state index is 13.4. The molecule has 1 saturated heterocycles. The first-order valence-electron chi connectivity index (χ1n) is 12.2. The summed E-state index contributed by atoms with van der Waals surface area (Å²) in [4.78, 5) is 29.5. The summed E-state index contributed by atoms with van der Waals surface area (Å²) in [5.74, 6) is 1.91. The molecule has 0 spiro atoms. The average molecular weight is 472 g/mol. The lowest BCUT2D eigenvalue weighted by molar-refractivity contribution is -0.126. The Morgan fingerprint density at radius 3 is 2.79 bits per heavy atom. The van der Waals surface area contributed by atoms with Crippen molar-refractivity contribution in [3.05, 3.63) is 33.0 Å². The summed E-state index contributed by atoms with van der Waals surface area (Å²) in [5, 5.41) is 14.2. The molecule has 2 aliphatic heterocycles. The third-order valence-corrected chi connectivity index (χ3v) is 8.27. The van der Waals surface area contributed by atoms with Gasteiger partial charge in [-0.2, -0.15) is 0 Å². The lowest BCUT2D eigenvalue weighted by atomic mass is 9.95. The molecule has 1 aliphatic carbocycles. The molecule has 0 bridgehead atoms. The van der Waals surface area contributed by atoms with E-state index in [4.69, 9.17) is 4.74 Å². The van der Waals surface area contributed by atoms with Crippen LogP contribution in [-0.2, 0) is 35.3 Å². The zero-order chi connectivity index (χ0) is 22.9. The second kappa shape index (κ2) is 9.54. The molecule has 0 radical (unpaired) electrons. The van der Waals surface area contributed by atoms with Gasteiger partial charge in [0.1, 0.15) is 5.82 Å². The molecule has 8 nitrogen and oxygen atoms in total. The molecule has 4 heterocycles. The van der Waals surface area contributed by atoms with Crippen molar-refractivity contribution in [2.24, 2.45) is 11.8 Å². The molecule has 2 aromatic heterocycles. The van der Waals surface area contributed by atoms with Crippen LogP contribution >= 0.6 is 11.3 Å². The van der Waals surface area contributed by atoms with E-state index in [-0.39, 0.29) is 29.7 Å². The molecule has 178 valence electrons. The fourth-order valence-corrected chi connectivity index (χ4v) is 6.28. The zero-order valence-corrected chi connectivity index (χ0v) is 20.3. The van der Waals surface area contributed by atoms with E-state index in [2.05, 4.69) is 39.3 Å². The van der Waals surface area contributed by atoms with Crippen molar-refractivity contribution in [3.63, 3.8) is 0 Å². The SMILES string of the molecule is CC(C)C(NC(=O)C1CCOC1)c1nnc2n1CCN(C(=O)c1csc3c1CCCC3)CC2. The minimum absolute atomic E-state index is 0.0243. The monoisotopic (exact) mass is 471 g/mol. The van der Waals surface area contributed by atoms with Gasteiger partial charge in [0.05, 0.1) is 24.1 Å². The molecule has 3 aliphatic rings. The number of ether oxygens (including phenoxy) is 1. The van der Waals surface area contributed by atoms with Crippen molar-refractivity contribution in [2.75, 3.05) is 26.3 Å². The third kappa shape index (κ3) is 4.45. The number of hydrogen-bond acceptors (Lipinski definition) is 6. The van der Waals surface area contributed by atoms with Gasteiger partial charge in [0.25, 0.3) is 5.91 Å². The molecular weight excluding hydrogens is 438 g/mol. The number of rotatable bonds is 5. The smallest absolute Gasteiger partial charge is 0.255 e. The van der Waals surface area contributed by atoms with Crippen LogP contribution in [0.2, 0.25) is 0 Å². The first kappa shape index (κ1) is 22.5. The summed E-state index contributed by atoms with van der Waals surface area (Å²) in [5.41, 5.74) is 2.18. The second-order valence-corrected chi connectivity index (χ2v) is 10.7. The van der Waals surface area contributed by atoms with Crippen LogP contribution in [0, 0.1) is 11.8 Å². The van der Waals surface area contributed by atoms with E-state index in [9.17, 15) is 9.59 Å². The van der Waals surface area contributed by atoms with Gasteiger partial charge in [0.15, 0.2) is 5.82 Å². The first-order valence-corrected chi connectivity index (χ1v) is 13.1. The summed E-state index contributed by atoms with van der Waals surface area (Å²) in [6.45, 7) is 7.20. The molecule has 9 heteroatoms. The van der Waals surface area contributed by atoms with Gasteiger partial charge in [0, 0.05) is 42.9 Å². The molecule has 2 aromatic rings. The van der Waals surface area contributed by atoms with Crippen molar-refractivity contribution in [1.29, 1.82) is 0 Å². The van der Waals surface area contributed by atoms with Crippen molar-refractivity contribution in [2.45, 2.75) is 65.0 Å². The Kier molecular flexibility index (Phi) is 6.51. The van der Waals surface area contributed by atoms with E-state index in [1.807, 2.05) is 4.90 Å². The Balaban J connectivity index is 1.31. The van der Waals surface area contributed by atoms with Crippen LogP contribution in [0.4, 0.5) is 0 Å². The topological polar surface area (TPSA) is 89.3 Å². The van der Waals surface area contributed by atoms with Crippen molar-refractivity contribution in [1.82, 2.24) is 25.0 Å². The zero-order valence-electron chi connectivity index (χ0n) is 19.5. The third-order valence-electron chi connectivity index (χ3n) is 7.18. The van der Waals surface area contributed by atoms with E-state index in [0.717, 1.165) is 36.5 Å². The van der Waals surface area contributed by atoms with Crippen LogP contribution in [0.3, 0.4) is 0 Å². The fourth-order valence-electron chi connectivity index (χ4n) is 5.16. The Bertz CT molecular complexity index is 1020. The number of amides is 2. The minimum atomic E-state index is -0.217. The van der Waals surface area contributed by atoms with Crippen molar-refractivity contribution in [3.8, 4) is 0 Å². The van der Waals surface area contributed by atoms with Gasteiger partial charge in [-0.05, 0) is 43.6 Å². The van der Waals surface area contributed by atoms with E-state index >= 15 is 0 Å². The summed E-state index contributed by atoms with van der Waals surface area (Å²) in [6.07, 6.45) is 5.95. The number of hydrogen-bond donors (Lipinski definition) is 1. The highest BCUT2D eigenvalue weighted by molar-refractivity contribution is 7.10. The normalized spacial score (nSPS) is 21.4. The first-order chi connectivity index (χ1) is 16.0. The highest BCUT2D eigenvalue weighted by Crippen LogP contribution is 2.31.